The van der Waals surface area contributed by atoms with E-state index < -0.39 is 0 Å². The monoisotopic (exact) mass is 402 g/mol. The first-order chi connectivity index (χ1) is 14.1. The third-order valence-corrected chi connectivity index (χ3v) is 6.24. The first-order valence-corrected chi connectivity index (χ1v) is 10.5. The highest BCUT2D eigenvalue weighted by atomic mass is 16.5. The molecular weight excluding hydrogens is 368 g/mol. The number of aryl methyl sites for hydroxylation is 1. The maximum atomic E-state index is 5.98. The van der Waals surface area contributed by atoms with Gasteiger partial charge in [0, 0.05) is 45.2 Å². The Morgan fingerprint density at radius 1 is 1.28 bits per heavy atom. The lowest BCUT2D eigenvalue weighted by Gasteiger charge is -2.55. The molecule has 2 aromatic rings. The van der Waals surface area contributed by atoms with Gasteiger partial charge in [-0.2, -0.15) is 5.10 Å². The van der Waals surface area contributed by atoms with Crippen LogP contribution in [0.4, 0.5) is 5.82 Å². The SMILES string of the molecule is CCOC1CC(NC(=NC)NCCNc2ncnc3c2cnn3C)C1(CC)CC. The van der Waals surface area contributed by atoms with Crippen molar-refractivity contribution >= 4 is 22.8 Å². The molecule has 0 aromatic carbocycles. The van der Waals surface area contributed by atoms with Gasteiger partial charge < -0.3 is 20.7 Å². The number of rotatable bonds is 9. The minimum Gasteiger partial charge on any atom is -0.378 e. The summed E-state index contributed by atoms with van der Waals surface area (Å²) in [6.07, 6.45) is 6.89. The molecule has 2 atom stereocenters. The summed E-state index contributed by atoms with van der Waals surface area (Å²) >= 11 is 0. The molecule has 0 amide bonds. The van der Waals surface area contributed by atoms with Crippen LogP contribution in [0.5, 0.6) is 0 Å². The van der Waals surface area contributed by atoms with E-state index in [-0.39, 0.29) is 5.41 Å². The molecule has 0 spiro atoms. The van der Waals surface area contributed by atoms with Gasteiger partial charge in [-0.15, -0.1) is 0 Å². The lowest BCUT2D eigenvalue weighted by Crippen LogP contribution is -2.65. The summed E-state index contributed by atoms with van der Waals surface area (Å²) in [7, 11) is 3.68. The number of nitrogens with one attached hydrogen (secondary N) is 3. The summed E-state index contributed by atoms with van der Waals surface area (Å²) in [5, 5.41) is 15.5. The fourth-order valence-corrected chi connectivity index (χ4v) is 4.41. The van der Waals surface area contributed by atoms with Crippen LogP contribution >= 0.6 is 0 Å². The standard InChI is InChI=1S/C20H34N8O/c1-6-20(7-2)15(11-16(20)29-8-3)27-19(21-4)23-10-9-22-17-14-12-26-28(5)18(14)25-13-24-17/h12-13,15-16H,6-11H2,1-5H3,(H2,21,23,27)(H,22,24,25). The number of ether oxygens (including phenoxy) is 1. The molecule has 2 unspecified atom stereocenters. The van der Waals surface area contributed by atoms with Gasteiger partial charge >= 0.3 is 0 Å². The third kappa shape index (κ3) is 4.14. The zero-order valence-electron chi connectivity index (χ0n) is 18.2. The number of aliphatic imine (C=N–C) groups is 1. The van der Waals surface area contributed by atoms with Crippen LogP contribution in [0.1, 0.15) is 40.0 Å². The van der Waals surface area contributed by atoms with Crippen LogP contribution in [-0.2, 0) is 11.8 Å². The highest BCUT2D eigenvalue weighted by molar-refractivity contribution is 5.86. The van der Waals surface area contributed by atoms with Gasteiger partial charge in [-0.25, -0.2) is 9.97 Å². The van der Waals surface area contributed by atoms with Gasteiger partial charge in [0.25, 0.3) is 0 Å². The molecule has 0 radical (unpaired) electrons. The second kappa shape index (κ2) is 9.39. The maximum Gasteiger partial charge on any atom is 0.191 e. The van der Waals surface area contributed by atoms with E-state index in [0.29, 0.717) is 18.7 Å². The van der Waals surface area contributed by atoms with Gasteiger partial charge in [-0.05, 0) is 26.2 Å². The number of fused-ring (bicyclic) bond motifs is 1. The van der Waals surface area contributed by atoms with Gasteiger partial charge in [0.05, 0.1) is 17.7 Å². The molecule has 0 bridgehead atoms. The van der Waals surface area contributed by atoms with E-state index in [4.69, 9.17) is 4.74 Å². The van der Waals surface area contributed by atoms with E-state index in [1.165, 1.54) is 0 Å². The summed E-state index contributed by atoms with van der Waals surface area (Å²) in [6, 6.07) is 0.380. The van der Waals surface area contributed by atoms with Crippen LogP contribution in [0.2, 0.25) is 0 Å². The highest BCUT2D eigenvalue weighted by Gasteiger charge is 2.53. The maximum absolute atomic E-state index is 5.98. The molecule has 0 saturated heterocycles. The molecule has 1 aliphatic rings. The molecule has 2 heterocycles. The first kappa shape index (κ1) is 21.3. The van der Waals surface area contributed by atoms with Crippen molar-refractivity contribution in [3.8, 4) is 0 Å². The number of nitrogens with zero attached hydrogens (tertiary/aromatic N) is 5. The van der Waals surface area contributed by atoms with Crippen molar-refractivity contribution in [2.45, 2.75) is 52.2 Å². The summed E-state index contributed by atoms with van der Waals surface area (Å²) in [4.78, 5) is 13.0. The zero-order valence-corrected chi connectivity index (χ0v) is 18.2. The summed E-state index contributed by atoms with van der Waals surface area (Å²) < 4.78 is 7.72. The van der Waals surface area contributed by atoms with Crippen molar-refractivity contribution in [2.75, 3.05) is 32.1 Å². The average molecular weight is 403 g/mol. The van der Waals surface area contributed by atoms with Crippen LogP contribution in [0.15, 0.2) is 17.5 Å². The number of guanidine groups is 1. The normalized spacial score (nSPS) is 21.1. The van der Waals surface area contributed by atoms with Crippen molar-refractivity contribution in [1.29, 1.82) is 0 Å². The predicted molar refractivity (Wildman–Crippen MR) is 116 cm³/mol. The van der Waals surface area contributed by atoms with Crippen molar-refractivity contribution in [1.82, 2.24) is 30.4 Å². The third-order valence-electron chi connectivity index (χ3n) is 6.24. The molecule has 9 nitrogen and oxygen atoms in total. The molecule has 1 aliphatic carbocycles. The molecule has 2 aromatic heterocycles. The molecule has 160 valence electrons. The summed E-state index contributed by atoms with van der Waals surface area (Å²) in [6.45, 7) is 8.78. The fourth-order valence-electron chi connectivity index (χ4n) is 4.41. The van der Waals surface area contributed by atoms with Crippen molar-refractivity contribution in [3.63, 3.8) is 0 Å². The van der Waals surface area contributed by atoms with Crippen molar-refractivity contribution in [2.24, 2.45) is 17.5 Å². The minimum absolute atomic E-state index is 0.179. The van der Waals surface area contributed by atoms with Gasteiger partial charge in [0.1, 0.15) is 12.1 Å². The van der Waals surface area contributed by atoms with E-state index in [9.17, 15) is 0 Å². The average Bonchev–Trinajstić information content (AvgIpc) is 3.11. The smallest absolute Gasteiger partial charge is 0.191 e. The van der Waals surface area contributed by atoms with Crippen LogP contribution in [0.25, 0.3) is 11.0 Å². The Kier molecular flexibility index (Phi) is 6.89. The van der Waals surface area contributed by atoms with E-state index in [1.807, 2.05) is 14.1 Å². The van der Waals surface area contributed by atoms with Crippen molar-refractivity contribution < 1.29 is 4.74 Å². The molecule has 3 rings (SSSR count). The predicted octanol–water partition coefficient (Wildman–Crippen LogP) is 1.92. The van der Waals surface area contributed by atoms with E-state index in [0.717, 1.165) is 55.2 Å². The van der Waals surface area contributed by atoms with Crippen LogP contribution < -0.4 is 16.0 Å². The topological polar surface area (TPSA) is 101 Å². The highest BCUT2D eigenvalue weighted by Crippen LogP contribution is 2.48. The molecular formula is C20H34N8O. The summed E-state index contributed by atoms with van der Waals surface area (Å²) in [5.41, 5.74) is 0.996. The quantitative estimate of drug-likeness (QED) is 0.335. The number of anilines is 1. The lowest BCUT2D eigenvalue weighted by molar-refractivity contribution is -0.133. The Bertz CT molecular complexity index is 829. The van der Waals surface area contributed by atoms with Gasteiger partial charge in [-0.1, -0.05) is 13.8 Å². The second-order valence-electron chi connectivity index (χ2n) is 7.47. The molecule has 29 heavy (non-hydrogen) atoms. The van der Waals surface area contributed by atoms with Gasteiger partial charge in [0.15, 0.2) is 11.6 Å². The summed E-state index contributed by atoms with van der Waals surface area (Å²) in [5.74, 6) is 1.62. The van der Waals surface area contributed by atoms with E-state index >= 15 is 0 Å². The Hall–Kier alpha value is -2.42. The van der Waals surface area contributed by atoms with Crippen LogP contribution in [0.3, 0.4) is 0 Å². The number of hydrogen-bond acceptors (Lipinski definition) is 6. The molecule has 1 fully saturated rings. The Morgan fingerprint density at radius 3 is 2.76 bits per heavy atom. The zero-order chi connectivity index (χ0) is 20.9. The van der Waals surface area contributed by atoms with Crippen LogP contribution in [-0.4, -0.2) is 64.6 Å². The minimum atomic E-state index is 0.179. The molecule has 1 saturated carbocycles. The lowest BCUT2D eigenvalue weighted by atomic mass is 9.58. The molecule has 3 N–H and O–H groups in total. The second-order valence-corrected chi connectivity index (χ2v) is 7.47. The first-order valence-electron chi connectivity index (χ1n) is 10.5. The van der Waals surface area contributed by atoms with E-state index in [2.05, 4.69) is 56.8 Å². The Labute approximate surface area is 172 Å². The van der Waals surface area contributed by atoms with Gasteiger partial charge in [-0.3, -0.25) is 9.67 Å². The largest absolute Gasteiger partial charge is 0.378 e. The van der Waals surface area contributed by atoms with E-state index in [1.54, 1.807) is 17.2 Å². The van der Waals surface area contributed by atoms with Crippen LogP contribution in [0, 0.1) is 5.41 Å². The van der Waals surface area contributed by atoms with Gasteiger partial charge in [0.2, 0.25) is 0 Å². The number of aromatic nitrogens is 4. The number of hydrogen-bond donors (Lipinski definition) is 3. The Morgan fingerprint density at radius 2 is 2.07 bits per heavy atom. The molecule has 9 heteroatoms. The fraction of sp³-hybridized carbons (Fsp3) is 0.700. The molecule has 0 aliphatic heterocycles. The Balaban J connectivity index is 1.51. The van der Waals surface area contributed by atoms with Crippen molar-refractivity contribution in [3.05, 3.63) is 12.5 Å².